The summed E-state index contributed by atoms with van der Waals surface area (Å²) in [6.07, 6.45) is 0.491. The minimum atomic E-state index is -0.258. The van der Waals surface area contributed by atoms with Gasteiger partial charge in [0.05, 0.1) is 6.10 Å². The number of aliphatic hydroxyl groups excluding tert-OH is 1. The number of phenols is 1. The molecule has 14 heavy (non-hydrogen) atoms. The van der Waals surface area contributed by atoms with Crippen molar-refractivity contribution in [3.63, 3.8) is 0 Å². The van der Waals surface area contributed by atoms with Crippen LogP contribution in [0.4, 0.5) is 0 Å². The molecule has 0 fully saturated rings. The normalized spacial score (nSPS) is 12.7. The number of nitrogens with one attached hydrogen (secondary N) is 1. The highest BCUT2D eigenvalue weighted by Crippen LogP contribution is 2.10. The Balaban J connectivity index is 2.25. The van der Waals surface area contributed by atoms with Crippen molar-refractivity contribution < 1.29 is 10.2 Å². The van der Waals surface area contributed by atoms with Gasteiger partial charge in [0.15, 0.2) is 0 Å². The predicted molar refractivity (Wildman–Crippen MR) is 56.1 cm³/mol. The van der Waals surface area contributed by atoms with Gasteiger partial charge in [0.2, 0.25) is 0 Å². The Morgan fingerprint density at radius 2 is 2.21 bits per heavy atom. The number of aliphatic hydroxyl groups is 1. The molecule has 0 saturated heterocycles. The van der Waals surface area contributed by atoms with Gasteiger partial charge in [-0.2, -0.15) is 0 Å². The van der Waals surface area contributed by atoms with E-state index in [0.29, 0.717) is 5.75 Å². The third-order valence-electron chi connectivity index (χ3n) is 1.98. The summed E-state index contributed by atoms with van der Waals surface area (Å²) < 4.78 is 0. The molecule has 0 unspecified atom stereocenters. The first-order chi connectivity index (χ1) is 6.68. The summed E-state index contributed by atoms with van der Waals surface area (Å²) in [4.78, 5) is 0. The third-order valence-corrected chi connectivity index (χ3v) is 1.98. The maximum atomic E-state index is 9.19. The first-order valence-electron chi connectivity index (χ1n) is 4.85. The van der Waals surface area contributed by atoms with Crippen molar-refractivity contribution in [3.05, 3.63) is 29.8 Å². The molecule has 3 heteroatoms. The van der Waals surface area contributed by atoms with E-state index in [2.05, 4.69) is 5.32 Å². The van der Waals surface area contributed by atoms with Gasteiger partial charge in [0.1, 0.15) is 5.75 Å². The largest absolute Gasteiger partial charge is 0.508 e. The summed E-state index contributed by atoms with van der Waals surface area (Å²) in [5.41, 5.74) is 1.05. The zero-order valence-corrected chi connectivity index (χ0v) is 8.40. The van der Waals surface area contributed by atoms with Crippen LogP contribution < -0.4 is 5.32 Å². The molecule has 0 aliphatic carbocycles. The van der Waals surface area contributed by atoms with Gasteiger partial charge in [-0.1, -0.05) is 12.1 Å². The Hall–Kier alpha value is -1.06. The van der Waals surface area contributed by atoms with E-state index < -0.39 is 0 Å². The Labute approximate surface area is 84.4 Å². The molecular weight excluding hydrogens is 178 g/mol. The number of rotatable bonds is 5. The highest BCUT2D eigenvalue weighted by atomic mass is 16.3. The zero-order chi connectivity index (χ0) is 10.4. The van der Waals surface area contributed by atoms with Gasteiger partial charge >= 0.3 is 0 Å². The second-order valence-electron chi connectivity index (χ2n) is 3.48. The fraction of sp³-hybridized carbons (Fsp3) is 0.455. The first-order valence-corrected chi connectivity index (χ1v) is 4.85. The Bertz CT molecular complexity index is 274. The van der Waals surface area contributed by atoms with Crippen molar-refractivity contribution >= 4 is 0 Å². The summed E-state index contributed by atoms with van der Waals surface area (Å²) >= 11 is 0. The molecule has 0 spiro atoms. The topological polar surface area (TPSA) is 52.5 Å². The molecule has 0 radical (unpaired) electrons. The summed E-state index contributed by atoms with van der Waals surface area (Å²) in [5, 5.41) is 21.4. The van der Waals surface area contributed by atoms with Crippen LogP contribution in [0.3, 0.4) is 0 Å². The first kappa shape index (κ1) is 11.0. The zero-order valence-electron chi connectivity index (χ0n) is 8.40. The molecule has 0 aromatic heterocycles. The van der Waals surface area contributed by atoms with Crippen LogP contribution in [0.15, 0.2) is 24.3 Å². The van der Waals surface area contributed by atoms with Crippen LogP contribution in [0.2, 0.25) is 0 Å². The molecule has 1 atom stereocenters. The summed E-state index contributed by atoms with van der Waals surface area (Å²) in [6, 6.07) is 7.16. The molecule has 0 saturated carbocycles. The average molecular weight is 195 g/mol. The molecule has 1 aromatic carbocycles. The van der Waals surface area contributed by atoms with E-state index in [-0.39, 0.29) is 6.10 Å². The van der Waals surface area contributed by atoms with Crippen molar-refractivity contribution in [1.82, 2.24) is 5.32 Å². The smallest absolute Gasteiger partial charge is 0.115 e. The molecule has 78 valence electrons. The fourth-order valence-electron chi connectivity index (χ4n) is 1.21. The van der Waals surface area contributed by atoms with E-state index in [4.69, 9.17) is 5.11 Å². The van der Waals surface area contributed by atoms with Crippen LogP contribution in [-0.2, 0) is 6.54 Å². The lowest BCUT2D eigenvalue weighted by Crippen LogP contribution is -2.18. The maximum Gasteiger partial charge on any atom is 0.115 e. The predicted octanol–water partition coefficient (Wildman–Crippen LogP) is 1.25. The van der Waals surface area contributed by atoms with Gasteiger partial charge in [-0.15, -0.1) is 0 Å². The molecule has 1 rings (SSSR count). The van der Waals surface area contributed by atoms with E-state index in [1.807, 2.05) is 12.1 Å². The lowest BCUT2D eigenvalue weighted by Gasteiger charge is -2.06. The van der Waals surface area contributed by atoms with Gasteiger partial charge in [0.25, 0.3) is 0 Å². The molecule has 1 aromatic rings. The van der Waals surface area contributed by atoms with Crippen molar-refractivity contribution in [2.45, 2.75) is 26.0 Å². The molecule has 3 N–H and O–H groups in total. The quantitative estimate of drug-likeness (QED) is 0.620. The lowest BCUT2D eigenvalue weighted by molar-refractivity contribution is 0.183. The van der Waals surface area contributed by atoms with Gasteiger partial charge < -0.3 is 15.5 Å². The van der Waals surface area contributed by atoms with E-state index in [9.17, 15) is 5.11 Å². The Kier molecular flexibility index (Phi) is 4.43. The van der Waals surface area contributed by atoms with Crippen LogP contribution in [0.1, 0.15) is 18.9 Å². The minimum Gasteiger partial charge on any atom is -0.508 e. The van der Waals surface area contributed by atoms with Gasteiger partial charge in [0, 0.05) is 6.54 Å². The number of hydrogen-bond acceptors (Lipinski definition) is 3. The summed E-state index contributed by atoms with van der Waals surface area (Å²) in [7, 11) is 0. The van der Waals surface area contributed by atoms with E-state index in [1.165, 1.54) is 0 Å². The molecule has 0 bridgehead atoms. The number of aromatic hydroxyl groups is 1. The van der Waals surface area contributed by atoms with Crippen molar-refractivity contribution in [3.8, 4) is 5.75 Å². The molecule has 0 aliphatic heterocycles. The van der Waals surface area contributed by atoms with E-state index >= 15 is 0 Å². The molecule has 0 amide bonds. The highest BCUT2D eigenvalue weighted by molar-refractivity contribution is 5.26. The second-order valence-corrected chi connectivity index (χ2v) is 3.48. The van der Waals surface area contributed by atoms with Gasteiger partial charge in [-0.25, -0.2) is 0 Å². The van der Waals surface area contributed by atoms with E-state index in [1.54, 1.807) is 19.1 Å². The van der Waals surface area contributed by atoms with E-state index in [0.717, 1.165) is 25.1 Å². The van der Waals surface area contributed by atoms with Gasteiger partial charge in [-0.3, -0.25) is 0 Å². The SMILES string of the molecule is C[C@@H](O)CCNCc1cccc(O)c1. The standard InChI is InChI=1S/C11H17NO2/c1-9(13)5-6-12-8-10-3-2-4-11(14)7-10/h2-4,7,9,12-14H,5-6,8H2,1H3/t9-/m1/s1. The van der Waals surface area contributed by atoms with Gasteiger partial charge in [-0.05, 0) is 37.6 Å². The van der Waals surface area contributed by atoms with Crippen molar-refractivity contribution in [1.29, 1.82) is 0 Å². The van der Waals surface area contributed by atoms with Crippen LogP contribution in [0.25, 0.3) is 0 Å². The molecule has 0 heterocycles. The monoisotopic (exact) mass is 195 g/mol. The van der Waals surface area contributed by atoms with Crippen LogP contribution >= 0.6 is 0 Å². The third kappa shape index (κ3) is 4.25. The summed E-state index contributed by atoms with van der Waals surface area (Å²) in [6.45, 7) is 3.28. The van der Waals surface area contributed by atoms with Crippen molar-refractivity contribution in [2.75, 3.05) is 6.54 Å². The number of hydrogen-bond donors (Lipinski definition) is 3. The summed E-state index contributed by atoms with van der Waals surface area (Å²) in [5.74, 6) is 0.292. The number of phenolic OH excluding ortho intramolecular Hbond substituents is 1. The van der Waals surface area contributed by atoms with Crippen LogP contribution in [0, 0.1) is 0 Å². The van der Waals surface area contributed by atoms with Crippen LogP contribution in [-0.4, -0.2) is 22.9 Å². The lowest BCUT2D eigenvalue weighted by atomic mass is 10.2. The number of benzene rings is 1. The fourth-order valence-corrected chi connectivity index (χ4v) is 1.21. The maximum absolute atomic E-state index is 9.19. The van der Waals surface area contributed by atoms with Crippen LogP contribution in [0.5, 0.6) is 5.75 Å². The Morgan fingerprint density at radius 1 is 1.43 bits per heavy atom. The second kappa shape index (κ2) is 5.62. The minimum absolute atomic E-state index is 0.258. The van der Waals surface area contributed by atoms with Crippen molar-refractivity contribution in [2.24, 2.45) is 0 Å². The Morgan fingerprint density at radius 3 is 2.86 bits per heavy atom. The average Bonchev–Trinajstić information content (AvgIpc) is 2.12. The molecular formula is C11H17NO2. The molecule has 0 aliphatic rings. The highest BCUT2D eigenvalue weighted by Gasteiger charge is 1.96. The molecule has 3 nitrogen and oxygen atoms in total.